The predicted octanol–water partition coefficient (Wildman–Crippen LogP) is 2.47. The second-order valence-corrected chi connectivity index (χ2v) is 5.99. The molecule has 1 aromatic carbocycles. The van der Waals surface area contributed by atoms with Crippen molar-refractivity contribution in [3.05, 3.63) is 45.1 Å². The second kappa shape index (κ2) is 6.80. The first kappa shape index (κ1) is 17.0. The van der Waals surface area contributed by atoms with Gasteiger partial charge in [0.05, 0.1) is 19.1 Å². The lowest BCUT2D eigenvalue weighted by molar-refractivity contribution is 0.0595. The SMILES string of the molecule is COC(=O)c1c(C)sc([C@H](O)C(=O)c2ccc(OC)cc2)c1O. The number of carbonyl (C=O) groups excluding carboxylic acids is 2. The second-order valence-electron chi connectivity index (χ2n) is 4.73. The molecule has 2 aromatic rings. The van der Waals surface area contributed by atoms with Gasteiger partial charge in [0.25, 0.3) is 0 Å². The average molecular weight is 336 g/mol. The molecule has 0 aliphatic heterocycles. The highest BCUT2D eigenvalue weighted by Gasteiger charge is 2.29. The number of hydrogen-bond acceptors (Lipinski definition) is 7. The maximum absolute atomic E-state index is 12.3. The van der Waals surface area contributed by atoms with E-state index < -0.39 is 23.6 Å². The Kier molecular flexibility index (Phi) is 5.02. The third-order valence-electron chi connectivity index (χ3n) is 3.35. The molecule has 0 radical (unpaired) electrons. The molecule has 0 amide bonds. The molecule has 0 fully saturated rings. The minimum atomic E-state index is -1.56. The van der Waals surface area contributed by atoms with Crippen molar-refractivity contribution < 1.29 is 29.3 Å². The van der Waals surface area contributed by atoms with Crippen molar-refractivity contribution >= 4 is 23.1 Å². The number of aromatic hydroxyl groups is 1. The standard InChI is InChI=1S/C16H16O6S/c1-8-11(16(20)22-3)13(18)15(23-8)14(19)12(17)9-4-6-10(21-2)7-5-9/h4-7,14,18-19H,1-3H3/t14-/m1/s1. The highest BCUT2D eigenvalue weighted by atomic mass is 32.1. The lowest BCUT2D eigenvalue weighted by Gasteiger charge is -2.09. The van der Waals surface area contributed by atoms with Gasteiger partial charge in [-0.15, -0.1) is 11.3 Å². The number of rotatable bonds is 5. The zero-order chi connectivity index (χ0) is 17.1. The van der Waals surface area contributed by atoms with Crippen molar-refractivity contribution in [2.45, 2.75) is 13.0 Å². The highest BCUT2D eigenvalue weighted by molar-refractivity contribution is 7.12. The Bertz CT molecular complexity index is 732. The van der Waals surface area contributed by atoms with Crippen molar-refractivity contribution in [1.82, 2.24) is 0 Å². The van der Waals surface area contributed by atoms with Crippen molar-refractivity contribution in [1.29, 1.82) is 0 Å². The average Bonchev–Trinajstić information content (AvgIpc) is 2.87. The van der Waals surface area contributed by atoms with Crippen LogP contribution in [0.1, 0.15) is 36.6 Å². The summed E-state index contributed by atoms with van der Waals surface area (Å²) in [6.45, 7) is 1.60. The minimum Gasteiger partial charge on any atom is -0.506 e. The number of esters is 1. The Labute approximate surface area is 136 Å². The van der Waals surface area contributed by atoms with Crippen LogP contribution in [-0.2, 0) is 4.74 Å². The number of benzene rings is 1. The van der Waals surface area contributed by atoms with Gasteiger partial charge < -0.3 is 19.7 Å². The summed E-state index contributed by atoms with van der Waals surface area (Å²) in [4.78, 5) is 24.5. The molecule has 0 unspecified atom stereocenters. The predicted molar refractivity (Wildman–Crippen MR) is 84.3 cm³/mol. The van der Waals surface area contributed by atoms with Crippen LogP contribution in [0.2, 0.25) is 0 Å². The van der Waals surface area contributed by atoms with Crippen LogP contribution in [-0.4, -0.2) is 36.2 Å². The maximum atomic E-state index is 12.3. The Hall–Kier alpha value is -2.38. The lowest BCUT2D eigenvalue weighted by atomic mass is 10.0. The van der Waals surface area contributed by atoms with E-state index in [2.05, 4.69) is 4.74 Å². The summed E-state index contributed by atoms with van der Waals surface area (Å²) in [6, 6.07) is 6.23. The number of methoxy groups -OCH3 is 2. The van der Waals surface area contributed by atoms with Crippen molar-refractivity contribution in [3.63, 3.8) is 0 Å². The molecule has 2 rings (SSSR count). The number of aryl methyl sites for hydroxylation is 1. The van der Waals surface area contributed by atoms with Crippen LogP contribution in [0.4, 0.5) is 0 Å². The number of ether oxygens (including phenoxy) is 2. The van der Waals surface area contributed by atoms with Crippen LogP contribution in [0.25, 0.3) is 0 Å². The largest absolute Gasteiger partial charge is 0.506 e. The summed E-state index contributed by atoms with van der Waals surface area (Å²) in [5.74, 6) is -1.14. The van der Waals surface area contributed by atoms with E-state index in [0.29, 0.717) is 10.6 Å². The first-order chi connectivity index (χ1) is 10.9. The third-order valence-corrected chi connectivity index (χ3v) is 4.49. The Balaban J connectivity index is 2.34. The molecular weight excluding hydrogens is 320 g/mol. The van der Waals surface area contributed by atoms with Crippen LogP contribution in [0.5, 0.6) is 11.5 Å². The van der Waals surface area contributed by atoms with Crippen LogP contribution in [0, 0.1) is 6.92 Å². The van der Waals surface area contributed by atoms with Gasteiger partial charge in [-0.3, -0.25) is 4.79 Å². The summed E-state index contributed by atoms with van der Waals surface area (Å²) in [5.41, 5.74) is 0.234. The zero-order valence-corrected chi connectivity index (χ0v) is 13.6. The fourth-order valence-corrected chi connectivity index (χ4v) is 3.14. The van der Waals surface area contributed by atoms with Gasteiger partial charge in [0.2, 0.25) is 0 Å². The van der Waals surface area contributed by atoms with Gasteiger partial charge in [0.1, 0.15) is 17.1 Å². The summed E-state index contributed by atoms with van der Waals surface area (Å²) in [7, 11) is 2.70. The minimum absolute atomic E-state index is 0.0173. The molecule has 6 nitrogen and oxygen atoms in total. The molecule has 0 saturated heterocycles. The third kappa shape index (κ3) is 3.20. The van der Waals surface area contributed by atoms with Gasteiger partial charge >= 0.3 is 5.97 Å². The number of carbonyl (C=O) groups is 2. The Morgan fingerprint density at radius 3 is 2.30 bits per heavy atom. The normalized spacial score (nSPS) is 11.8. The van der Waals surface area contributed by atoms with Gasteiger partial charge in [0.15, 0.2) is 11.9 Å². The molecule has 0 bridgehead atoms. The summed E-state index contributed by atoms with van der Waals surface area (Å²) in [5, 5.41) is 20.4. The van der Waals surface area contributed by atoms with E-state index in [1.54, 1.807) is 19.1 Å². The van der Waals surface area contributed by atoms with Gasteiger partial charge in [-0.1, -0.05) is 0 Å². The lowest BCUT2D eigenvalue weighted by Crippen LogP contribution is -2.11. The Morgan fingerprint density at radius 1 is 1.17 bits per heavy atom. The number of aliphatic hydroxyl groups excluding tert-OH is 1. The van der Waals surface area contributed by atoms with Crippen LogP contribution < -0.4 is 4.74 Å². The van der Waals surface area contributed by atoms with Crippen LogP contribution >= 0.6 is 11.3 Å². The molecule has 1 aromatic heterocycles. The van der Waals surface area contributed by atoms with E-state index in [1.165, 1.54) is 26.4 Å². The molecule has 2 N–H and O–H groups in total. The summed E-state index contributed by atoms with van der Waals surface area (Å²) in [6.07, 6.45) is -1.56. The van der Waals surface area contributed by atoms with Gasteiger partial charge in [-0.05, 0) is 31.2 Å². The van der Waals surface area contributed by atoms with Crippen molar-refractivity contribution in [2.75, 3.05) is 14.2 Å². The van der Waals surface area contributed by atoms with Crippen molar-refractivity contribution in [3.8, 4) is 11.5 Å². The molecule has 122 valence electrons. The quantitative estimate of drug-likeness (QED) is 0.643. The molecule has 7 heteroatoms. The highest BCUT2D eigenvalue weighted by Crippen LogP contribution is 2.39. The van der Waals surface area contributed by atoms with E-state index in [9.17, 15) is 19.8 Å². The molecule has 0 saturated carbocycles. The molecule has 0 aliphatic carbocycles. The first-order valence-electron chi connectivity index (χ1n) is 6.67. The number of hydrogen-bond donors (Lipinski definition) is 2. The van der Waals surface area contributed by atoms with Gasteiger partial charge in [-0.2, -0.15) is 0 Å². The molecule has 1 heterocycles. The van der Waals surface area contributed by atoms with Gasteiger partial charge in [0, 0.05) is 10.4 Å². The van der Waals surface area contributed by atoms with Crippen LogP contribution in [0.15, 0.2) is 24.3 Å². The van der Waals surface area contributed by atoms with Crippen LogP contribution in [0.3, 0.4) is 0 Å². The topological polar surface area (TPSA) is 93.1 Å². The summed E-state index contributed by atoms with van der Waals surface area (Å²) >= 11 is 0.977. The number of Topliss-reactive ketones (excluding diaryl/α,β-unsaturated/α-hetero) is 1. The van der Waals surface area contributed by atoms with E-state index >= 15 is 0 Å². The van der Waals surface area contributed by atoms with E-state index in [1.807, 2.05) is 0 Å². The fraction of sp³-hybridized carbons (Fsp3) is 0.250. The summed E-state index contributed by atoms with van der Waals surface area (Å²) < 4.78 is 9.60. The Morgan fingerprint density at radius 2 is 1.78 bits per heavy atom. The zero-order valence-electron chi connectivity index (χ0n) is 12.8. The number of aliphatic hydroxyl groups is 1. The molecule has 0 spiro atoms. The van der Waals surface area contributed by atoms with Gasteiger partial charge in [-0.25, -0.2) is 4.79 Å². The molecular formula is C16H16O6S. The van der Waals surface area contributed by atoms with E-state index in [0.717, 1.165) is 11.3 Å². The van der Waals surface area contributed by atoms with Crippen molar-refractivity contribution in [2.24, 2.45) is 0 Å². The maximum Gasteiger partial charge on any atom is 0.342 e. The fourth-order valence-electron chi connectivity index (χ4n) is 2.11. The molecule has 1 atom stereocenters. The number of thiophene rings is 1. The molecule has 0 aliphatic rings. The smallest absolute Gasteiger partial charge is 0.342 e. The van der Waals surface area contributed by atoms with E-state index in [4.69, 9.17) is 4.74 Å². The number of ketones is 1. The first-order valence-corrected chi connectivity index (χ1v) is 7.49. The van der Waals surface area contributed by atoms with E-state index in [-0.39, 0.29) is 16.0 Å². The molecule has 23 heavy (non-hydrogen) atoms. The monoisotopic (exact) mass is 336 g/mol.